The summed E-state index contributed by atoms with van der Waals surface area (Å²) in [7, 11) is 0. The third-order valence-electron chi connectivity index (χ3n) is 7.48. The molecule has 0 aromatic heterocycles. The fourth-order valence-electron chi connectivity index (χ4n) is 5.46. The molecule has 4 rings (SSSR count). The largest absolute Gasteiger partial charge is 0.479 e. The zero-order chi connectivity index (χ0) is 28.6. The van der Waals surface area contributed by atoms with E-state index in [-0.39, 0.29) is 11.5 Å². The summed E-state index contributed by atoms with van der Waals surface area (Å²) < 4.78 is 20.0. The number of carboxylic acids is 1. The lowest BCUT2D eigenvalue weighted by molar-refractivity contribution is -0.160. The van der Waals surface area contributed by atoms with Crippen LogP contribution in [-0.2, 0) is 22.6 Å². The topological polar surface area (TPSA) is 66.8 Å². The smallest absolute Gasteiger partial charge is 0.337 e. The van der Waals surface area contributed by atoms with Gasteiger partial charge in [0.05, 0.1) is 5.60 Å². The fraction of sp³-hybridized carbons (Fsp3) is 0.333. The van der Waals surface area contributed by atoms with Gasteiger partial charge in [-0.1, -0.05) is 36.4 Å². The van der Waals surface area contributed by atoms with Gasteiger partial charge in [-0.3, -0.25) is 4.79 Å². The van der Waals surface area contributed by atoms with Crippen LogP contribution in [0.2, 0.25) is 0 Å². The van der Waals surface area contributed by atoms with E-state index in [9.17, 15) is 19.1 Å². The number of nitrogens with zero attached hydrogens (tertiary/aromatic N) is 1. The minimum Gasteiger partial charge on any atom is -0.479 e. The maximum atomic E-state index is 13.9. The van der Waals surface area contributed by atoms with Gasteiger partial charge in [-0.05, 0) is 111 Å². The van der Waals surface area contributed by atoms with Crippen LogP contribution in [0.1, 0.15) is 90.0 Å². The molecule has 0 saturated carbocycles. The molecule has 0 fully saturated rings. The zero-order valence-electron chi connectivity index (χ0n) is 23.7. The third-order valence-corrected chi connectivity index (χ3v) is 7.48. The third kappa shape index (κ3) is 5.66. The second kappa shape index (κ2) is 10.8. The molecule has 1 unspecified atom stereocenters. The van der Waals surface area contributed by atoms with Gasteiger partial charge in [-0.15, -0.1) is 0 Å². The summed E-state index contributed by atoms with van der Waals surface area (Å²) in [6.45, 7) is 14.2. The summed E-state index contributed by atoms with van der Waals surface area (Å²) in [5, 5.41) is 10.4. The quantitative estimate of drug-likeness (QED) is 0.336. The molecule has 3 aromatic carbocycles. The van der Waals surface area contributed by atoms with Crippen molar-refractivity contribution in [1.82, 2.24) is 4.90 Å². The minimum atomic E-state index is -1.20. The molecular weight excluding hydrogens is 493 g/mol. The van der Waals surface area contributed by atoms with Crippen molar-refractivity contribution >= 4 is 23.0 Å². The number of benzene rings is 3. The molecule has 1 amide bonds. The van der Waals surface area contributed by atoms with Crippen LogP contribution in [0.15, 0.2) is 54.6 Å². The van der Waals surface area contributed by atoms with E-state index in [0.29, 0.717) is 18.7 Å². The standard InChI is InChI=1S/C33H36FNO4/c1-19(23-12-9-8-10-13-23)20(2)28-21(3)26-17-35(31(36)24-14-11-15-25(34)16-24)18-27(26)22(4)29(28)30(32(37)38)39-33(5,6)7/h8-16,30H,17-18H2,1-7H3,(H,37,38)/b20-19+. The van der Waals surface area contributed by atoms with Crippen LogP contribution in [0, 0.1) is 19.7 Å². The van der Waals surface area contributed by atoms with Gasteiger partial charge in [-0.2, -0.15) is 0 Å². The van der Waals surface area contributed by atoms with Crippen molar-refractivity contribution < 1.29 is 23.8 Å². The average Bonchev–Trinajstić information content (AvgIpc) is 3.34. The molecule has 5 nitrogen and oxygen atoms in total. The molecule has 39 heavy (non-hydrogen) atoms. The molecule has 0 radical (unpaired) electrons. The number of hydrogen-bond acceptors (Lipinski definition) is 3. The van der Waals surface area contributed by atoms with Crippen molar-refractivity contribution in [2.75, 3.05) is 0 Å². The first-order valence-corrected chi connectivity index (χ1v) is 13.1. The predicted octanol–water partition coefficient (Wildman–Crippen LogP) is 7.49. The molecule has 204 valence electrons. The van der Waals surface area contributed by atoms with E-state index >= 15 is 0 Å². The molecule has 3 aromatic rings. The Morgan fingerprint density at radius 2 is 1.49 bits per heavy atom. The number of amides is 1. The zero-order valence-corrected chi connectivity index (χ0v) is 23.7. The molecule has 1 aliphatic heterocycles. The minimum absolute atomic E-state index is 0.263. The number of ether oxygens (including phenoxy) is 1. The van der Waals surface area contributed by atoms with Crippen LogP contribution in [-0.4, -0.2) is 27.5 Å². The summed E-state index contributed by atoms with van der Waals surface area (Å²) >= 11 is 0. The van der Waals surface area contributed by atoms with Gasteiger partial charge < -0.3 is 14.7 Å². The van der Waals surface area contributed by atoms with E-state index < -0.39 is 23.5 Å². The van der Waals surface area contributed by atoms with Crippen molar-refractivity contribution in [3.63, 3.8) is 0 Å². The Kier molecular flexibility index (Phi) is 7.80. The van der Waals surface area contributed by atoms with Crippen LogP contribution < -0.4 is 0 Å². The number of carboxylic acid groups (broad SMARTS) is 1. The van der Waals surface area contributed by atoms with Crippen molar-refractivity contribution in [2.24, 2.45) is 0 Å². The molecule has 6 heteroatoms. The molecule has 0 aliphatic carbocycles. The van der Waals surface area contributed by atoms with E-state index in [2.05, 4.69) is 0 Å². The number of carbonyl (C=O) groups excluding carboxylic acids is 1. The summed E-state index contributed by atoms with van der Waals surface area (Å²) in [5.41, 5.74) is 7.72. The fourth-order valence-corrected chi connectivity index (χ4v) is 5.46. The highest BCUT2D eigenvalue weighted by Gasteiger charge is 2.36. The lowest BCUT2D eigenvalue weighted by atomic mass is 9.81. The average molecular weight is 530 g/mol. The van der Waals surface area contributed by atoms with Crippen molar-refractivity contribution in [1.29, 1.82) is 0 Å². The highest BCUT2D eigenvalue weighted by Crippen LogP contribution is 2.43. The Hall–Kier alpha value is -3.77. The summed E-state index contributed by atoms with van der Waals surface area (Å²) in [6.07, 6.45) is -1.20. The van der Waals surface area contributed by atoms with Crippen molar-refractivity contribution in [3.8, 4) is 0 Å². The first kappa shape index (κ1) is 28.2. The Bertz CT molecular complexity index is 1470. The van der Waals surface area contributed by atoms with Crippen LogP contribution in [0.5, 0.6) is 0 Å². The van der Waals surface area contributed by atoms with Crippen molar-refractivity contribution in [2.45, 2.75) is 73.3 Å². The van der Waals surface area contributed by atoms with Gasteiger partial charge in [0.15, 0.2) is 6.10 Å². The molecular formula is C33H36FNO4. The van der Waals surface area contributed by atoms with E-state index in [1.54, 1.807) is 11.0 Å². The number of rotatable bonds is 6. The lowest BCUT2D eigenvalue weighted by Gasteiger charge is -2.30. The van der Waals surface area contributed by atoms with Crippen LogP contribution >= 0.6 is 0 Å². The number of carbonyl (C=O) groups is 2. The molecule has 0 saturated heterocycles. The second-order valence-corrected chi connectivity index (χ2v) is 11.2. The van der Waals surface area contributed by atoms with Gasteiger partial charge in [0, 0.05) is 24.2 Å². The number of allylic oxidation sites excluding steroid dienone is 2. The number of aliphatic carboxylic acids is 1. The number of halogens is 1. The number of fused-ring (bicyclic) bond motifs is 1. The monoisotopic (exact) mass is 529 g/mol. The van der Waals surface area contributed by atoms with Crippen molar-refractivity contribution in [3.05, 3.63) is 105 Å². The second-order valence-electron chi connectivity index (χ2n) is 11.2. The van der Waals surface area contributed by atoms with E-state index in [1.807, 2.05) is 78.8 Å². The van der Waals surface area contributed by atoms with Crippen LogP contribution in [0.25, 0.3) is 11.1 Å². The Morgan fingerprint density at radius 3 is 2.05 bits per heavy atom. The maximum absolute atomic E-state index is 13.9. The summed E-state index contributed by atoms with van der Waals surface area (Å²) in [5.74, 6) is -1.79. The highest BCUT2D eigenvalue weighted by molar-refractivity contribution is 5.96. The molecule has 1 N–H and O–H groups in total. The predicted molar refractivity (Wildman–Crippen MR) is 152 cm³/mol. The van der Waals surface area contributed by atoms with E-state index in [0.717, 1.165) is 44.5 Å². The first-order chi connectivity index (χ1) is 18.3. The Labute approximate surface area is 229 Å². The van der Waals surface area contributed by atoms with Gasteiger partial charge in [0.25, 0.3) is 5.91 Å². The molecule has 1 heterocycles. The van der Waals surface area contributed by atoms with Gasteiger partial charge in [0.1, 0.15) is 5.82 Å². The normalized spacial score (nSPS) is 14.6. The van der Waals surface area contributed by atoms with E-state index in [1.165, 1.54) is 18.2 Å². The summed E-state index contributed by atoms with van der Waals surface area (Å²) in [6, 6.07) is 15.7. The number of hydrogen-bond donors (Lipinski definition) is 1. The van der Waals surface area contributed by atoms with Gasteiger partial charge >= 0.3 is 5.97 Å². The molecule has 0 spiro atoms. The van der Waals surface area contributed by atoms with Crippen LogP contribution in [0.4, 0.5) is 4.39 Å². The Balaban J connectivity index is 1.93. The van der Waals surface area contributed by atoms with Gasteiger partial charge in [0.2, 0.25) is 0 Å². The Morgan fingerprint density at radius 1 is 0.897 bits per heavy atom. The SMILES string of the molecule is C/C(=C(/C)c1c(C)c2c(c(C)c1C(OC(C)(C)C)C(=O)O)CN(C(=O)c1cccc(F)c1)C2)c1ccccc1. The molecule has 1 aliphatic rings. The lowest BCUT2D eigenvalue weighted by Crippen LogP contribution is -2.29. The maximum Gasteiger partial charge on any atom is 0.337 e. The highest BCUT2D eigenvalue weighted by atomic mass is 19.1. The molecule has 1 atom stereocenters. The molecule has 0 bridgehead atoms. The van der Waals surface area contributed by atoms with Gasteiger partial charge in [-0.25, -0.2) is 9.18 Å². The van der Waals surface area contributed by atoms with Crippen LogP contribution in [0.3, 0.4) is 0 Å². The van der Waals surface area contributed by atoms with E-state index in [4.69, 9.17) is 4.74 Å². The first-order valence-electron chi connectivity index (χ1n) is 13.1. The summed E-state index contributed by atoms with van der Waals surface area (Å²) in [4.78, 5) is 27.7.